The van der Waals surface area contributed by atoms with Crippen molar-refractivity contribution in [3.63, 3.8) is 0 Å². The van der Waals surface area contributed by atoms with Crippen LogP contribution in [0.25, 0.3) is 0 Å². The van der Waals surface area contributed by atoms with Gasteiger partial charge < -0.3 is 15.2 Å². The van der Waals surface area contributed by atoms with Gasteiger partial charge in [0.25, 0.3) is 5.91 Å². The van der Waals surface area contributed by atoms with E-state index in [1.165, 1.54) is 6.07 Å². The molecule has 0 saturated carbocycles. The highest BCUT2D eigenvalue weighted by Crippen LogP contribution is 2.17. The van der Waals surface area contributed by atoms with Crippen molar-refractivity contribution in [1.29, 1.82) is 0 Å². The molecule has 1 rings (SSSR count). The lowest BCUT2D eigenvalue weighted by molar-refractivity contribution is 0.0917. The number of carbonyl (C=O) groups excluding carboxylic acids is 1. The van der Waals surface area contributed by atoms with E-state index < -0.39 is 0 Å². The molecule has 0 unspecified atom stereocenters. The zero-order valence-electron chi connectivity index (χ0n) is 10.6. The van der Waals surface area contributed by atoms with Crippen molar-refractivity contribution in [3.8, 4) is 5.75 Å². The highest BCUT2D eigenvalue weighted by atomic mass is 16.5. The summed E-state index contributed by atoms with van der Waals surface area (Å²) in [5.41, 5.74) is 1.20. The number of aromatic hydroxyl groups is 1. The second kappa shape index (κ2) is 7.50. The number of hydrogen-bond acceptors (Lipinski definition) is 3. The lowest BCUT2D eigenvalue weighted by Gasteiger charge is -2.07. The van der Waals surface area contributed by atoms with Crippen molar-refractivity contribution in [2.24, 2.45) is 0 Å². The normalized spacial score (nSPS) is 10.1. The quantitative estimate of drug-likeness (QED) is 0.574. The Balaban J connectivity index is 2.32. The topological polar surface area (TPSA) is 58.6 Å². The van der Waals surface area contributed by atoms with Gasteiger partial charge in [-0.25, -0.2) is 0 Å². The minimum atomic E-state index is -0.211. The molecule has 0 fully saturated rings. The number of rotatable bonds is 7. The van der Waals surface area contributed by atoms with Crippen LogP contribution in [-0.2, 0) is 4.74 Å². The van der Waals surface area contributed by atoms with E-state index >= 15 is 0 Å². The third kappa shape index (κ3) is 4.59. The second-order valence-electron chi connectivity index (χ2n) is 3.95. The molecule has 0 aliphatic carbocycles. The Morgan fingerprint density at radius 1 is 1.50 bits per heavy atom. The lowest BCUT2D eigenvalue weighted by Crippen LogP contribution is -2.27. The van der Waals surface area contributed by atoms with Crippen molar-refractivity contribution in [2.45, 2.75) is 13.3 Å². The van der Waals surface area contributed by atoms with E-state index in [9.17, 15) is 9.90 Å². The summed E-state index contributed by atoms with van der Waals surface area (Å²) in [6, 6.07) is 4.86. The highest BCUT2D eigenvalue weighted by Gasteiger charge is 2.06. The molecule has 1 aromatic rings. The Hall–Kier alpha value is -1.81. The minimum Gasteiger partial charge on any atom is -0.508 e. The number of hydrogen-bond donors (Lipinski definition) is 2. The van der Waals surface area contributed by atoms with Crippen LogP contribution in [-0.4, -0.2) is 30.8 Å². The van der Waals surface area contributed by atoms with Crippen molar-refractivity contribution in [1.82, 2.24) is 5.32 Å². The molecule has 0 aliphatic heterocycles. The first kappa shape index (κ1) is 14.3. The van der Waals surface area contributed by atoms with Gasteiger partial charge in [-0.2, -0.15) is 0 Å². The van der Waals surface area contributed by atoms with Crippen molar-refractivity contribution < 1.29 is 14.6 Å². The van der Waals surface area contributed by atoms with Gasteiger partial charge in [-0.15, -0.1) is 6.58 Å². The molecular formula is C14H19NO3. The molecule has 0 spiro atoms. The van der Waals surface area contributed by atoms with E-state index in [-0.39, 0.29) is 11.7 Å². The van der Waals surface area contributed by atoms with E-state index in [2.05, 4.69) is 11.9 Å². The molecule has 0 radical (unpaired) electrons. The smallest absolute Gasteiger partial charge is 0.251 e. The predicted molar refractivity (Wildman–Crippen MR) is 70.8 cm³/mol. The lowest BCUT2D eigenvalue weighted by atomic mass is 10.1. The summed E-state index contributed by atoms with van der Waals surface area (Å²) in [5, 5.41) is 12.2. The largest absolute Gasteiger partial charge is 0.508 e. The number of carbonyl (C=O) groups is 1. The first-order valence-corrected chi connectivity index (χ1v) is 5.91. The predicted octanol–water partition coefficient (Wildman–Crippen LogP) is 2.02. The van der Waals surface area contributed by atoms with Crippen LogP contribution in [0.15, 0.2) is 30.9 Å². The van der Waals surface area contributed by atoms with Crippen LogP contribution in [0.2, 0.25) is 0 Å². The summed E-state index contributed by atoms with van der Waals surface area (Å²) >= 11 is 0. The third-order valence-corrected chi connectivity index (χ3v) is 2.47. The molecule has 0 bridgehead atoms. The molecule has 4 heteroatoms. The van der Waals surface area contributed by atoms with E-state index in [1.54, 1.807) is 25.1 Å². The molecule has 0 saturated heterocycles. The van der Waals surface area contributed by atoms with E-state index in [4.69, 9.17) is 4.74 Å². The summed E-state index contributed by atoms with van der Waals surface area (Å²) < 4.78 is 5.27. The van der Waals surface area contributed by atoms with Crippen molar-refractivity contribution in [3.05, 3.63) is 42.0 Å². The standard InChI is InChI=1S/C14H19NO3/c1-3-4-8-18-9-7-15-14(17)12-6-5-11(2)13(16)10-12/h3,5-6,10,16H,1,4,7-9H2,2H3,(H,15,17). The van der Waals surface area contributed by atoms with E-state index in [1.807, 2.05) is 0 Å². The van der Waals surface area contributed by atoms with Gasteiger partial charge in [0.1, 0.15) is 5.75 Å². The minimum absolute atomic E-state index is 0.130. The number of ether oxygens (including phenoxy) is 1. The molecule has 1 aromatic carbocycles. The van der Waals surface area contributed by atoms with Gasteiger partial charge in [-0.05, 0) is 31.0 Å². The van der Waals surface area contributed by atoms with Crippen LogP contribution in [0.4, 0.5) is 0 Å². The van der Waals surface area contributed by atoms with E-state index in [0.29, 0.717) is 25.3 Å². The van der Waals surface area contributed by atoms with Gasteiger partial charge >= 0.3 is 0 Å². The molecule has 2 N–H and O–H groups in total. The number of nitrogens with one attached hydrogen (secondary N) is 1. The fourth-order valence-corrected chi connectivity index (χ4v) is 1.36. The zero-order chi connectivity index (χ0) is 13.4. The van der Waals surface area contributed by atoms with Crippen LogP contribution < -0.4 is 5.32 Å². The maximum Gasteiger partial charge on any atom is 0.251 e. The van der Waals surface area contributed by atoms with Gasteiger partial charge in [0, 0.05) is 12.1 Å². The molecule has 98 valence electrons. The zero-order valence-corrected chi connectivity index (χ0v) is 10.6. The Morgan fingerprint density at radius 2 is 2.28 bits per heavy atom. The third-order valence-electron chi connectivity index (χ3n) is 2.47. The Bertz CT molecular complexity index is 416. The SMILES string of the molecule is C=CCCOCCNC(=O)c1ccc(C)c(O)c1. The summed E-state index contributed by atoms with van der Waals surface area (Å²) in [6.45, 7) is 6.90. The number of phenolic OH excluding ortho intramolecular Hbond substituents is 1. The first-order valence-electron chi connectivity index (χ1n) is 5.91. The van der Waals surface area contributed by atoms with Crippen LogP contribution >= 0.6 is 0 Å². The maximum atomic E-state index is 11.7. The summed E-state index contributed by atoms with van der Waals surface area (Å²) in [7, 11) is 0. The average molecular weight is 249 g/mol. The monoisotopic (exact) mass is 249 g/mol. The number of benzene rings is 1. The Labute approximate surface area is 107 Å². The number of aryl methyl sites for hydroxylation is 1. The first-order chi connectivity index (χ1) is 8.65. The van der Waals surface area contributed by atoms with Crippen molar-refractivity contribution >= 4 is 5.91 Å². The van der Waals surface area contributed by atoms with Gasteiger partial charge in [0.15, 0.2) is 0 Å². The molecule has 18 heavy (non-hydrogen) atoms. The highest BCUT2D eigenvalue weighted by molar-refractivity contribution is 5.94. The van der Waals surface area contributed by atoms with Crippen LogP contribution in [0.5, 0.6) is 5.75 Å². The molecule has 0 heterocycles. The molecule has 4 nitrogen and oxygen atoms in total. The van der Waals surface area contributed by atoms with Crippen molar-refractivity contribution in [2.75, 3.05) is 19.8 Å². The van der Waals surface area contributed by atoms with Crippen LogP contribution in [0, 0.1) is 6.92 Å². The Morgan fingerprint density at radius 3 is 2.94 bits per heavy atom. The molecule has 0 aromatic heterocycles. The van der Waals surface area contributed by atoms with Gasteiger partial charge in [0.05, 0.1) is 13.2 Å². The summed E-state index contributed by atoms with van der Waals surface area (Å²) in [5.74, 6) is -0.0810. The fraction of sp³-hybridized carbons (Fsp3) is 0.357. The second-order valence-corrected chi connectivity index (χ2v) is 3.95. The van der Waals surface area contributed by atoms with Gasteiger partial charge in [-0.3, -0.25) is 4.79 Å². The Kier molecular flexibility index (Phi) is 5.94. The summed E-state index contributed by atoms with van der Waals surface area (Å²) in [6.07, 6.45) is 2.59. The fourth-order valence-electron chi connectivity index (χ4n) is 1.36. The van der Waals surface area contributed by atoms with Crippen LogP contribution in [0.3, 0.4) is 0 Å². The van der Waals surface area contributed by atoms with E-state index in [0.717, 1.165) is 12.0 Å². The van der Waals surface area contributed by atoms with Crippen LogP contribution in [0.1, 0.15) is 22.3 Å². The number of phenols is 1. The summed E-state index contributed by atoms with van der Waals surface area (Å²) in [4.78, 5) is 11.7. The maximum absolute atomic E-state index is 11.7. The average Bonchev–Trinajstić information content (AvgIpc) is 2.36. The molecule has 1 amide bonds. The molecule has 0 aliphatic rings. The number of amides is 1. The molecular weight excluding hydrogens is 230 g/mol. The van der Waals surface area contributed by atoms with Gasteiger partial charge in [-0.1, -0.05) is 12.1 Å². The molecule has 0 atom stereocenters. The van der Waals surface area contributed by atoms with Gasteiger partial charge in [0.2, 0.25) is 0 Å².